The van der Waals surface area contributed by atoms with Crippen molar-refractivity contribution in [3.8, 4) is 0 Å². The van der Waals surface area contributed by atoms with Crippen LogP contribution < -0.4 is 11.1 Å². The van der Waals surface area contributed by atoms with Crippen molar-refractivity contribution >= 4 is 38.2 Å². The van der Waals surface area contributed by atoms with Crippen LogP contribution in [0.15, 0.2) is 9.50 Å². The summed E-state index contributed by atoms with van der Waals surface area (Å²) in [5.41, 5.74) is 5.22. The topological polar surface area (TPSA) is 151 Å². The highest BCUT2D eigenvalue weighted by molar-refractivity contribution is 7.91. The van der Waals surface area contributed by atoms with E-state index in [0.717, 1.165) is 4.31 Å². The molecule has 0 aliphatic heterocycles. The number of nitrogens with one attached hydrogen (secondary N) is 1. The van der Waals surface area contributed by atoms with Gasteiger partial charge in [0.25, 0.3) is 10.0 Å². The number of sulfonamides is 1. The van der Waals surface area contributed by atoms with E-state index in [4.69, 9.17) is 10.9 Å². The van der Waals surface area contributed by atoms with Gasteiger partial charge in [-0.3, -0.25) is 4.79 Å². The Labute approximate surface area is 113 Å². The minimum absolute atomic E-state index is 0.0725. The second-order valence-corrected chi connectivity index (χ2v) is 6.60. The SMILES string of the molecule is CC(=O)Nc1nnc(S(=O)(=O)N(C)CC(N)=NO)s1. The standard InChI is InChI=1S/C7H12N6O4S2/c1-4(14)9-6-10-11-7(18-6)19(16,17)13(2)3-5(8)12-15/h15H,3H2,1-2H3,(H2,8,12)(H,9,10,14). The van der Waals surface area contributed by atoms with Crippen molar-refractivity contribution in [3.63, 3.8) is 0 Å². The first-order valence-corrected chi connectivity index (χ1v) is 7.07. The highest BCUT2D eigenvalue weighted by atomic mass is 32.2. The van der Waals surface area contributed by atoms with Gasteiger partial charge < -0.3 is 16.3 Å². The molecule has 0 spiro atoms. The number of amides is 1. The lowest BCUT2D eigenvalue weighted by atomic mass is 10.6. The van der Waals surface area contributed by atoms with Crippen LogP contribution in [0.5, 0.6) is 0 Å². The number of carbonyl (C=O) groups is 1. The number of hydrogen-bond donors (Lipinski definition) is 3. The summed E-state index contributed by atoms with van der Waals surface area (Å²) in [6.07, 6.45) is 0. The summed E-state index contributed by atoms with van der Waals surface area (Å²) in [6, 6.07) is 0. The van der Waals surface area contributed by atoms with E-state index in [1.807, 2.05) is 0 Å². The van der Waals surface area contributed by atoms with E-state index in [1.165, 1.54) is 14.0 Å². The smallest absolute Gasteiger partial charge is 0.272 e. The predicted octanol–water partition coefficient (Wildman–Crippen LogP) is -1.14. The first kappa shape index (κ1) is 15.3. The number of hydrogen-bond acceptors (Lipinski definition) is 8. The number of nitrogens with two attached hydrogens (primary N) is 1. The number of nitrogens with zero attached hydrogens (tertiary/aromatic N) is 4. The van der Waals surface area contributed by atoms with Crippen LogP contribution in [-0.4, -0.2) is 53.5 Å². The van der Waals surface area contributed by atoms with Crippen molar-refractivity contribution in [2.75, 3.05) is 18.9 Å². The molecule has 0 unspecified atom stereocenters. The van der Waals surface area contributed by atoms with Crippen molar-refractivity contribution < 1.29 is 18.4 Å². The molecule has 19 heavy (non-hydrogen) atoms. The summed E-state index contributed by atoms with van der Waals surface area (Å²) in [4.78, 5) is 10.8. The van der Waals surface area contributed by atoms with Gasteiger partial charge in [0.1, 0.15) is 0 Å². The Bertz CT molecular complexity index is 594. The molecule has 1 aromatic rings. The lowest BCUT2D eigenvalue weighted by molar-refractivity contribution is -0.114. The Balaban J connectivity index is 2.94. The zero-order valence-corrected chi connectivity index (χ0v) is 11.7. The lowest BCUT2D eigenvalue weighted by Gasteiger charge is -2.13. The number of likely N-dealkylation sites (N-methyl/N-ethyl adjacent to an activating group) is 1. The summed E-state index contributed by atoms with van der Waals surface area (Å²) in [6.45, 7) is 0.966. The Hall–Kier alpha value is -1.79. The van der Waals surface area contributed by atoms with Crippen LogP contribution in [0.2, 0.25) is 0 Å². The summed E-state index contributed by atoms with van der Waals surface area (Å²) >= 11 is 0.704. The summed E-state index contributed by atoms with van der Waals surface area (Å²) in [7, 11) is -2.66. The van der Waals surface area contributed by atoms with Crippen LogP contribution in [-0.2, 0) is 14.8 Å². The Morgan fingerprint density at radius 3 is 2.74 bits per heavy atom. The van der Waals surface area contributed by atoms with Gasteiger partial charge in [-0.1, -0.05) is 16.5 Å². The maximum absolute atomic E-state index is 12.0. The molecule has 0 saturated carbocycles. The predicted molar refractivity (Wildman–Crippen MR) is 67.4 cm³/mol. The van der Waals surface area contributed by atoms with Gasteiger partial charge in [-0.15, -0.1) is 10.2 Å². The van der Waals surface area contributed by atoms with Crippen LogP contribution in [0.25, 0.3) is 0 Å². The van der Waals surface area contributed by atoms with Crippen LogP contribution in [0.3, 0.4) is 0 Å². The normalized spacial score (nSPS) is 12.7. The molecule has 1 heterocycles. The quantitative estimate of drug-likeness (QED) is 0.204. The maximum Gasteiger partial charge on any atom is 0.272 e. The van der Waals surface area contributed by atoms with Gasteiger partial charge in [-0.05, 0) is 0 Å². The molecule has 0 radical (unpaired) electrons. The van der Waals surface area contributed by atoms with E-state index < -0.39 is 10.0 Å². The zero-order valence-electron chi connectivity index (χ0n) is 10.1. The molecule has 0 fully saturated rings. The maximum atomic E-state index is 12.0. The van der Waals surface area contributed by atoms with Gasteiger partial charge in [0, 0.05) is 14.0 Å². The molecule has 0 bridgehead atoms. The van der Waals surface area contributed by atoms with Crippen LogP contribution in [0.1, 0.15) is 6.92 Å². The van der Waals surface area contributed by atoms with E-state index in [0.29, 0.717) is 11.3 Å². The number of oxime groups is 1. The number of carbonyl (C=O) groups excluding carboxylic acids is 1. The fourth-order valence-corrected chi connectivity index (χ4v) is 3.27. The lowest BCUT2D eigenvalue weighted by Crippen LogP contribution is -2.35. The zero-order chi connectivity index (χ0) is 14.6. The van der Waals surface area contributed by atoms with Crippen LogP contribution in [0.4, 0.5) is 5.13 Å². The van der Waals surface area contributed by atoms with Crippen molar-refractivity contribution in [2.45, 2.75) is 11.3 Å². The molecule has 1 aromatic heterocycles. The highest BCUT2D eigenvalue weighted by Crippen LogP contribution is 2.22. The van der Waals surface area contributed by atoms with E-state index in [-0.39, 0.29) is 27.8 Å². The monoisotopic (exact) mass is 308 g/mol. The Kier molecular flexibility index (Phi) is 4.74. The second kappa shape index (κ2) is 5.90. The Morgan fingerprint density at radius 1 is 1.58 bits per heavy atom. The first-order valence-electron chi connectivity index (χ1n) is 4.81. The van der Waals surface area contributed by atoms with Crippen molar-refractivity contribution in [3.05, 3.63) is 0 Å². The molecule has 0 saturated heterocycles. The minimum atomic E-state index is -3.90. The molecular weight excluding hydrogens is 296 g/mol. The fraction of sp³-hybridized carbons (Fsp3) is 0.429. The first-order chi connectivity index (χ1) is 8.77. The molecule has 0 aliphatic carbocycles. The molecular formula is C7H12N6O4S2. The fourth-order valence-electron chi connectivity index (χ4n) is 0.993. The van der Waals surface area contributed by atoms with Gasteiger partial charge in [0.15, 0.2) is 5.84 Å². The van der Waals surface area contributed by atoms with Gasteiger partial charge in [-0.25, -0.2) is 8.42 Å². The minimum Gasteiger partial charge on any atom is -0.409 e. The molecule has 106 valence electrons. The van der Waals surface area contributed by atoms with Gasteiger partial charge >= 0.3 is 0 Å². The highest BCUT2D eigenvalue weighted by Gasteiger charge is 2.26. The summed E-state index contributed by atoms with van der Waals surface area (Å²) in [5, 5.41) is 20.5. The molecule has 12 heteroatoms. The third-order valence-corrected chi connectivity index (χ3v) is 4.82. The third-order valence-electron chi connectivity index (χ3n) is 1.83. The molecule has 0 atom stereocenters. The van der Waals surface area contributed by atoms with Crippen LogP contribution >= 0.6 is 11.3 Å². The van der Waals surface area contributed by atoms with Crippen molar-refractivity contribution in [1.82, 2.24) is 14.5 Å². The van der Waals surface area contributed by atoms with Crippen molar-refractivity contribution in [1.29, 1.82) is 0 Å². The number of anilines is 1. The van der Waals surface area contributed by atoms with Gasteiger partial charge in [-0.2, -0.15) is 4.31 Å². The average Bonchev–Trinajstić information content (AvgIpc) is 2.76. The van der Waals surface area contributed by atoms with E-state index in [2.05, 4.69) is 20.7 Å². The van der Waals surface area contributed by atoms with E-state index >= 15 is 0 Å². The van der Waals surface area contributed by atoms with E-state index in [9.17, 15) is 13.2 Å². The van der Waals surface area contributed by atoms with E-state index in [1.54, 1.807) is 0 Å². The second-order valence-electron chi connectivity index (χ2n) is 3.41. The Morgan fingerprint density at radius 2 is 2.21 bits per heavy atom. The van der Waals surface area contributed by atoms with Crippen molar-refractivity contribution in [2.24, 2.45) is 10.9 Å². The third kappa shape index (κ3) is 3.84. The number of amidine groups is 1. The molecule has 4 N–H and O–H groups in total. The molecule has 0 aromatic carbocycles. The average molecular weight is 308 g/mol. The largest absolute Gasteiger partial charge is 0.409 e. The van der Waals surface area contributed by atoms with Gasteiger partial charge in [0.2, 0.25) is 15.4 Å². The van der Waals surface area contributed by atoms with Gasteiger partial charge in [0.05, 0.1) is 6.54 Å². The molecule has 0 aliphatic rings. The molecule has 1 rings (SSSR count). The number of aromatic nitrogens is 2. The summed E-state index contributed by atoms with van der Waals surface area (Å²) < 4.78 is 24.6. The summed E-state index contributed by atoms with van der Waals surface area (Å²) in [5.74, 6) is -0.650. The molecule has 10 nitrogen and oxygen atoms in total. The molecule has 1 amide bonds. The van der Waals surface area contributed by atoms with Crippen LogP contribution in [0, 0.1) is 0 Å². The number of rotatable bonds is 5.